The number of hydrogen-bond donors (Lipinski definition) is 4. The zero-order chi connectivity index (χ0) is 13.1. The predicted octanol–water partition coefficient (Wildman–Crippen LogP) is 3.00. The van der Waals surface area contributed by atoms with Crippen molar-refractivity contribution in [3.63, 3.8) is 0 Å². The van der Waals surface area contributed by atoms with Crippen molar-refractivity contribution >= 4 is 95.4 Å². The third kappa shape index (κ3) is 10.3. The van der Waals surface area contributed by atoms with E-state index in [0.29, 0.717) is 34.1 Å². The average Bonchev–Trinajstić information content (AvgIpc) is 2.35. The van der Waals surface area contributed by atoms with E-state index in [1.807, 2.05) is 0 Å². The van der Waals surface area contributed by atoms with Crippen molar-refractivity contribution in [2.45, 2.75) is 36.7 Å². The molecule has 0 nitrogen and oxygen atoms in total. The van der Waals surface area contributed by atoms with Gasteiger partial charge >= 0.3 is 149 Å². The van der Waals surface area contributed by atoms with Crippen molar-refractivity contribution in [3.05, 3.63) is 0 Å². The van der Waals surface area contributed by atoms with Gasteiger partial charge in [0.25, 0.3) is 0 Å². The van der Waals surface area contributed by atoms with Gasteiger partial charge in [0.05, 0.1) is 0 Å². The molecule has 0 aromatic heterocycles. The summed E-state index contributed by atoms with van der Waals surface area (Å²) in [5.41, 5.74) is 0. The van der Waals surface area contributed by atoms with Gasteiger partial charge < -0.3 is 0 Å². The second-order valence-electron chi connectivity index (χ2n) is 3.30. The number of rotatable bonds is 11. The van der Waals surface area contributed by atoms with Gasteiger partial charge in [-0.1, -0.05) is 0 Å². The average molecular weight is 507 g/mol. The van der Waals surface area contributed by atoms with E-state index in [9.17, 15) is 0 Å². The van der Waals surface area contributed by atoms with E-state index in [1.165, 1.54) is 16.0 Å². The molecule has 104 valence electrons. The Bertz CT molecular complexity index is 174. The fourth-order valence-corrected chi connectivity index (χ4v) is 13.2. The van der Waals surface area contributed by atoms with Crippen LogP contribution in [0.4, 0.5) is 0 Å². The molecular weight excluding hydrogens is 485 g/mol. The summed E-state index contributed by atoms with van der Waals surface area (Å²) >= 11 is 20.1. The van der Waals surface area contributed by atoms with Gasteiger partial charge in [0.2, 0.25) is 0 Å². The molecule has 0 aromatic carbocycles. The molecule has 0 aliphatic heterocycles. The van der Waals surface area contributed by atoms with Crippen LogP contribution in [-0.2, 0) is 0 Å². The quantitative estimate of drug-likeness (QED) is 0.240. The first-order valence-corrected chi connectivity index (χ1v) is 14.6. The van der Waals surface area contributed by atoms with Gasteiger partial charge in [0.15, 0.2) is 0 Å². The zero-order valence-corrected chi connectivity index (χ0v) is 18.7. The standard InChI is InChI=1S/C10H22S4Se3/c1-2-15-8(5-12)7-17-10(14)9(6-13)16-4-3-11/h8-14H,2-7H2,1H3. The maximum atomic E-state index is 4.81. The Hall–Kier alpha value is 2.96. The Morgan fingerprint density at radius 3 is 2.18 bits per heavy atom. The van der Waals surface area contributed by atoms with E-state index < -0.39 is 0 Å². The molecule has 0 fully saturated rings. The summed E-state index contributed by atoms with van der Waals surface area (Å²) < 4.78 is 0.593. The summed E-state index contributed by atoms with van der Waals surface area (Å²) in [4.78, 5) is 1.60. The third-order valence-electron chi connectivity index (χ3n) is 1.98. The van der Waals surface area contributed by atoms with Crippen LogP contribution in [0.2, 0.25) is 25.6 Å². The van der Waals surface area contributed by atoms with Gasteiger partial charge in [-0.2, -0.15) is 0 Å². The molecule has 0 aromatic rings. The predicted molar refractivity (Wildman–Crippen MR) is 99.2 cm³/mol. The van der Waals surface area contributed by atoms with E-state index in [2.05, 4.69) is 44.8 Å². The van der Waals surface area contributed by atoms with E-state index >= 15 is 0 Å². The van der Waals surface area contributed by atoms with Crippen LogP contribution in [0.3, 0.4) is 0 Å². The molecular formula is C10H22S4Se3. The second-order valence-corrected chi connectivity index (χ2v) is 14.4. The molecule has 0 bridgehead atoms. The summed E-state index contributed by atoms with van der Waals surface area (Å²) in [6.07, 6.45) is 0. The van der Waals surface area contributed by atoms with Gasteiger partial charge in [-0.3, -0.25) is 0 Å². The monoisotopic (exact) mass is 510 g/mol. The van der Waals surface area contributed by atoms with Gasteiger partial charge in [0.1, 0.15) is 0 Å². The fraction of sp³-hybridized carbons (Fsp3) is 1.00. The summed E-state index contributed by atoms with van der Waals surface area (Å²) in [6.45, 7) is 2.29. The molecule has 0 spiro atoms. The first kappa shape index (κ1) is 20.0. The van der Waals surface area contributed by atoms with Crippen molar-refractivity contribution < 1.29 is 0 Å². The van der Waals surface area contributed by atoms with Gasteiger partial charge in [0, 0.05) is 0 Å². The number of hydrogen-bond acceptors (Lipinski definition) is 4. The summed E-state index contributed by atoms with van der Waals surface area (Å²) in [7, 11) is 0. The fourth-order valence-electron chi connectivity index (χ4n) is 1.13. The molecule has 0 aliphatic rings. The van der Waals surface area contributed by atoms with Crippen molar-refractivity contribution in [1.29, 1.82) is 0 Å². The Kier molecular flexibility index (Phi) is 16.3. The van der Waals surface area contributed by atoms with Gasteiger partial charge in [-0.25, -0.2) is 0 Å². The van der Waals surface area contributed by atoms with Crippen LogP contribution in [0.25, 0.3) is 0 Å². The van der Waals surface area contributed by atoms with Crippen LogP contribution in [0.5, 0.6) is 0 Å². The van der Waals surface area contributed by atoms with E-state index in [0.717, 1.165) is 41.8 Å². The first-order chi connectivity index (χ1) is 8.19. The normalized spacial score (nSPS) is 16.8. The summed E-state index contributed by atoms with van der Waals surface area (Å²) in [6, 6.07) is 0. The van der Waals surface area contributed by atoms with E-state index in [4.69, 9.17) is 12.6 Å². The topological polar surface area (TPSA) is 0 Å². The molecule has 0 aliphatic carbocycles. The van der Waals surface area contributed by atoms with Crippen LogP contribution >= 0.6 is 50.5 Å². The Morgan fingerprint density at radius 2 is 1.71 bits per heavy atom. The van der Waals surface area contributed by atoms with Crippen LogP contribution < -0.4 is 0 Å². The molecule has 3 unspecified atom stereocenters. The Morgan fingerprint density at radius 1 is 1.00 bits per heavy atom. The Labute approximate surface area is 147 Å². The second kappa shape index (κ2) is 13.9. The van der Waals surface area contributed by atoms with Gasteiger partial charge in [-0.15, -0.1) is 0 Å². The molecule has 0 N–H and O–H groups in total. The third-order valence-corrected chi connectivity index (χ3v) is 16.1. The molecule has 17 heavy (non-hydrogen) atoms. The molecule has 7 heteroatoms. The SMILES string of the molecule is CC[Se]C(CS)C[Se]C(S)C(CS)[Se]CCS. The number of thiol groups is 4. The first-order valence-electron chi connectivity index (χ1n) is 5.55. The Balaban J connectivity index is 3.90. The maximum absolute atomic E-state index is 4.81. The molecule has 0 rings (SSSR count). The summed E-state index contributed by atoms with van der Waals surface area (Å²) in [5, 5.41) is 3.95. The molecule has 0 amide bonds. The molecule has 0 saturated heterocycles. The summed E-state index contributed by atoms with van der Waals surface area (Å²) in [5.74, 6) is 3.06. The molecule has 0 heterocycles. The van der Waals surface area contributed by atoms with Crippen molar-refractivity contribution in [2.24, 2.45) is 0 Å². The zero-order valence-electron chi connectivity index (χ0n) is 9.99. The van der Waals surface area contributed by atoms with E-state index in [1.54, 1.807) is 0 Å². The molecule has 0 radical (unpaired) electrons. The van der Waals surface area contributed by atoms with E-state index in [-0.39, 0.29) is 0 Å². The van der Waals surface area contributed by atoms with Gasteiger partial charge in [-0.05, 0) is 0 Å². The minimum absolute atomic E-state index is 0.593. The molecule has 3 atom stereocenters. The molecule has 0 saturated carbocycles. The van der Waals surface area contributed by atoms with Crippen LogP contribution in [0, 0.1) is 0 Å². The van der Waals surface area contributed by atoms with Crippen molar-refractivity contribution in [1.82, 2.24) is 0 Å². The van der Waals surface area contributed by atoms with Crippen LogP contribution in [-0.4, -0.2) is 66.3 Å². The van der Waals surface area contributed by atoms with Crippen molar-refractivity contribution in [2.75, 3.05) is 17.3 Å². The van der Waals surface area contributed by atoms with Crippen LogP contribution in [0.15, 0.2) is 0 Å². The van der Waals surface area contributed by atoms with Crippen LogP contribution in [0.1, 0.15) is 6.92 Å². The van der Waals surface area contributed by atoms with Crippen molar-refractivity contribution in [3.8, 4) is 0 Å². The minimum atomic E-state index is 0.593.